The third-order valence-corrected chi connectivity index (χ3v) is 1.28. The fourth-order valence-corrected chi connectivity index (χ4v) is 0.759. The van der Waals surface area contributed by atoms with Gasteiger partial charge in [0.05, 0.1) is 0 Å². The van der Waals surface area contributed by atoms with Crippen molar-refractivity contribution in [1.82, 2.24) is 10.4 Å². The van der Waals surface area contributed by atoms with Gasteiger partial charge in [0.15, 0.2) is 0 Å². The summed E-state index contributed by atoms with van der Waals surface area (Å²) in [5, 5.41) is 11.6. The van der Waals surface area contributed by atoms with E-state index in [4.69, 9.17) is 5.11 Å². The monoisotopic (exact) mass is 179 g/mol. The number of hydrogen-bond donors (Lipinski definition) is 2. The van der Waals surface area contributed by atoms with Gasteiger partial charge in [0.1, 0.15) is 0 Å². The molecule has 0 aromatic carbocycles. The second kappa shape index (κ2) is 4.87. The molecular weight excluding hydrogens is 170 g/mol. The number of aromatic nitrogens is 1. The molecule has 0 saturated heterocycles. The lowest BCUT2D eigenvalue weighted by atomic mass is 10.3. The molecule has 5 nitrogen and oxygen atoms in total. The smallest absolute Gasteiger partial charge is 0.425 e. The first kappa shape index (κ1) is 9.18. The third kappa shape index (κ3) is 3.85. The van der Waals surface area contributed by atoms with Crippen LogP contribution in [0.25, 0.3) is 0 Å². The molecule has 0 spiro atoms. The highest BCUT2D eigenvalue weighted by Crippen LogP contribution is 1.91. The van der Waals surface area contributed by atoms with Crippen LogP contribution in [0, 0.1) is 0 Å². The summed E-state index contributed by atoms with van der Waals surface area (Å²) in [5.74, 6) is 0. The number of nitrogens with zero attached hydrogens (tertiary/aromatic N) is 2. The summed E-state index contributed by atoms with van der Waals surface area (Å²) < 4.78 is 0. The molecule has 0 unspecified atom stereocenters. The van der Waals surface area contributed by atoms with Gasteiger partial charge in [0.2, 0.25) is 0 Å². The highest BCUT2D eigenvalue weighted by atomic mass is 16.4. The van der Waals surface area contributed by atoms with Gasteiger partial charge in [0.25, 0.3) is 0 Å². The van der Waals surface area contributed by atoms with Crippen LogP contribution in [0.4, 0.5) is 4.79 Å². The van der Waals surface area contributed by atoms with Crippen LogP contribution in [0.15, 0.2) is 29.5 Å². The Morgan fingerprint density at radius 3 is 3.15 bits per heavy atom. The first-order valence-corrected chi connectivity index (χ1v) is 3.69. The summed E-state index contributed by atoms with van der Waals surface area (Å²) in [4.78, 5) is 14.0. The van der Waals surface area contributed by atoms with E-state index >= 15 is 0 Å². The molecule has 68 valence electrons. The number of amides is 1. The summed E-state index contributed by atoms with van der Waals surface area (Å²) in [7, 11) is 0. The fraction of sp³-hybridized carbons (Fsp3) is 0.125. The van der Waals surface area contributed by atoms with Crippen molar-refractivity contribution in [3.63, 3.8) is 0 Å². The number of hydrazone groups is 1. The average Bonchev–Trinajstić information content (AvgIpc) is 2.14. The summed E-state index contributed by atoms with van der Waals surface area (Å²) in [6.07, 6.45) is 2.48. The van der Waals surface area contributed by atoms with Crippen LogP contribution in [0.3, 0.4) is 0 Å². The van der Waals surface area contributed by atoms with Gasteiger partial charge in [-0.3, -0.25) is 4.98 Å². The topological polar surface area (TPSA) is 74.6 Å². The van der Waals surface area contributed by atoms with Gasteiger partial charge >= 0.3 is 6.09 Å². The zero-order valence-corrected chi connectivity index (χ0v) is 6.84. The first-order valence-electron chi connectivity index (χ1n) is 3.69. The van der Waals surface area contributed by atoms with E-state index in [1.165, 1.54) is 6.21 Å². The summed E-state index contributed by atoms with van der Waals surface area (Å²) >= 11 is 0. The standard InChI is InChI=1S/C8H9N3O2/c12-8(13)11-10-6-4-7-3-1-2-5-9-7/h1-3,5-6,11H,4H2,(H,12,13). The van der Waals surface area contributed by atoms with Gasteiger partial charge < -0.3 is 5.11 Å². The Morgan fingerprint density at radius 1 is 1.69 bits per heavy atom. The zero-order chi connectivity index (χ0) is 9.52. The van der Waals surface area contributed by atoms with Gasteiger partial charge in [-0.15, -0.1) is 0 Å². The van der Waals surface area contributed by atoms with Crippen molar-refractivity contribution in [2.75, 3.05) is 0 Å². The highest BCUT2D eigenvalue weighted by Gasteiger charge is 1.89. The predicted molar refractivity (Wildman–Crippen MR) is 47.6 cm³/mol. The quantitative estimate of drug-likeness (QED) is 0.534. The summed E-state index contributed by atoms with van der Waals surface area (Å²) in [6.45, 7) is 0. The second-order valence-electron chi connectivity index (χ2n) is 2.25. The molecule has 1 amide bonds. The predicted octanol–water partition coefficient (Wildman–Crippen LogP) is 0.877. The molecule has 0 radical (unpaired) electrons. The lowest BCUT2D eigenvalue weighted by Gasteiger charge is -1.92. The second-order valence-corrected chi connectivity index (χ2v) is 2.25. The third-order valence-electron chi connectivity index (χ3n) is 1.28. The molecule has 5 heteroatoms. The molecule has 0 fully saturated rings. The van der Waals surface area contributed by atoms with E-state index in [2.05, 4.69) is 10.1 Å². The van der Waals surface area contributed by atoms with Crippen molar-refractivity contribution in [3.05, 3.63) is 30.1 Å². The Hall–Kier alpha value is -1.91. The van der Waals surface area contributed by atoms with E-state index in [1.54, 1.807) is 6.20 Å². The van der Waals surface area contributed by atoms with Gasteiger partial charge in [0, 0.05) is 24.5 Å². The van der Waals surface area contributed by atoms with Crippen LogP contribution in [0.2, 0.25) is 0 Å². The van der Waals surface area contributed by atoms with Crippen LogP contribution in [-0.2, 0) is 6.42 Å². The summed E-state index contributed by atoms with van der Waals surface area (Å²) in [6, 6.07) is 5.52. The Labute approximate surface area is 75.1 Å². The SMILES string of the molecule is O=C(O)NN=CCc1ccccn1. The van der Waals surface area contributed by atoms with Crippen molar-refractivity contribution >= 4 is 12.3 Å². The lowest BCUT2D eigenvalue weighted by Crippen LogP contribution is -2.13. The van der Waals surface area contributed by atoms with Gasteiger partial charge in [-0.2, -0.15) is 5.10 Å². The summed E-state index contributed by atoms with van der Waals surface area (Å²) in [5.41, 5.74) is 2.72. The van der Waals surface area contributed by atoms with Crippen LogP contribution >= 0.6 is 0 Å². The van der Waals surface area contributed by atoms with Gasteiger partial charge in [-0.05, 0) is 12.1 Å². The van der Waals surface area contributed by atoms with Crippen molar-refractivity contribution in [2.24, 2.45) is 5.10 Å². The fourth-order valence-electron chi connectivity index (χ4n) is 0.759. The molecule has 13 heavy (non-hydrogen) atoms. The molecule has 1 aromatic rings. The van der Waals surface area contributed by atoms with Gasteiger partial charge in [-0.1, -0.05) is 6.07 Å². The Bertz CT molecular complexity index is 298. The maximum atomic E-state index is 9.97. The molecule has 1 rings (SSSR count). The largest absolute Gasteiger partial charge is 0.464 e. The number of carboxylic acid groups (broad SMARTS) is 1. The molecule has 0 aliphatic carbocycles. The normalized spacial score (nSPS) is 10.2. The van der Waals surface area contributed by atoms with E-state index in [0.29, 0.717) is 6.42 Å². The van der Waals surface area contributed by atoms with E-state index in [1.807, 2.05) is 23.6 Å². The van der Waals surface area contributed by atoms with Crippen LogP contribution in [-0.4, -0.2) is 22.4 Å². The number of rotatable bonds is 3. The van der Waals surface area contributed by atoms with E-state index in [0.717, 1.165) is 5.69 Å². The Balaban J connectivity index is 2.35. The molecule has 0 aliphatic rings. The maximum Gasteiger partial charge on any atom is 0.425 e. The Morgan fingerprint density at radius 2 is 2.54 bits per heavy atom. The van der Waals surface area contributed by atoms with Crippen molar-refractivity contribution in [1.29, 1.82) is 0 Å². The number of pyridine rings is 1. The minimum atomic E-state index is -1.17. The molecule has 1 aromatic heterocycles. The number of hydrogen-bond acceptors (Lipinski definition) is 3. The maximum absolute atomic E-state index is 9.97. The zero-order valence-electron chi connectivity index (χ0n) is 6.84. The molecule has 0 atom stereocenters. The molecule has 0 saturated carbocycles. The van der Waals surface area contributed by atoms with Crippen LogP contribution < -0.4 is 5.43 Å². The Kier molecular flexibility index (Phi) is 3.44. The molecule has 2 N–H and O–H groups in total. The van der Waals surface area contributed by atoms with Crippen LogP contribution in [0.5, 0.6) is 0 Å². The number of carbonyl (C=O) groups is 1. The van der Waals surface area contributed by atoms with Crippen LogP contribution in [0.1, 0.15) is 5.69 Å². The minimum Gasteiger partial charge on any atom is -0.464 e. The van der Waals surface area contributed by atoms with E-state index < -0.39 is 6.09 Å². The molecular formula is C8H9N3O2. The minimum absolute atomic E-state index is 0.515. The molecule has 1 heterocycles. The lowest BCUT2D eigenvalue weighted by molar-refractivity contribution is 0.195. The molecule has 0 aliphatic heterocycles. The van der Waals surface area contributed by atoms with E-state index in [9.17, 15) is 4.79 Å². The number of nitrogens with one attached hydrogen (secondary N) is 1. The van der Waals surface area contributed by atoms with Crippen molar-refractivity contribution in [2.45, 2.75) is 6.42 Å². The van der Waals surface area contributed by atoms with Gasteiger partial charge in [-0.25, -0.2) is 10.2 Å². The van der Waals surface area contributed by atoms with Crippen molar-refractivity contribution < 1.29 is 9.90 Å². The highest BCUT2D eigenvalue weighted by molar-refractivity contribution is 5.67. The first-order chi connectivity index (χ1) is 6.29. The van der Waals surface area contributed by atoms with Crippen molar-refractivity contribution in [3.8, 4) is 0 Å². The molecule has 0 bridgehead atoms. The van der Waals surface area contributed by atoms with E-state index in [-0.39, 0.29) is 0 Å². The average molecular weight is 179 g/mol.